The maximum absolute atomic E-state index is 6.36. The normalized spacial score (nSPS) is 18.7. The van der Waals surface area contributed by atoms with Crippen LogP contribution < -0.4 is 4.74 Å². The van der Waals surface area contributed by atoms with E-state index in [4.69, 9.17) is 9.47 Å². The number of allylic oxidation sites excluding steroid dienone is 2. The van der Waals surface area contributed by atoms with E-state index in [1.165, 1.54) is 49.7 Å². The highest BCUT2D eigenvalue weighted by Gasteiger charge is 2.23. The van der Waals surface area contributed by atoms with Gasteiger partial charge in [-0.3, -0.25) is 0 Å². The first-order valence-corrected chi connectivity index (χ1v) is 10.4. The third-order valence-corrected chi connectivity index (χ3v) is 5.19. The molecule has 0 amide bonds. The van der Waals surface area contributed by atoms with Gasteiger partial charge in [-0.05, 0) is 48.4 Å². The van der Waals surface area contributed by atoms with Gasteiger partial charge >= 0.3 is 0 Å². The van der Waals surface area contributed by atoms with Crippen molar-refractivity contribution in [1.82, 2.24) is 0 Å². The zero-order valence-corrected chi connectivity index (χ0v) is 17.7. The Morgan fingerprint density at radius 1 is 1.00 bits per heavy atom. The van der Waals surface area contributed by atoms with E-state index in [2.05, 4.69) is 71.9 Å². The fourth-order valence-electron chi connectivity index (χ4n) is 3.77. The minimum absolute atomic E-state index is 0.139. The van der Waals surface area contributed by atoms with Crippen LogP contribution in [-0.2, 0) is 4.74 Å². The number of hydrogen-bond donors (Lipinski definition) is 0. The Labute approximate surface area is 161 Å². The van der Waals surface area contributed by atoms with Crippen molar-refractivity contribution in [3.05, 3.63) is 35.9 Å². The molecule has 0 saturated heterocycles. The molecule has 1 unspecified atom stereocenters. The van der Waals surface area contributed by atoms with Gasteiger partial charge < -0.3 is 9.47 Å². The molecule has 1 atom stereocenters. The first-order valence-electron chi connectivity index (χ1n) is 10.4. The molecular weight excluding hydrogens is 320 g/mol. The van der Waals surface area contributed by atoms with E-state index in [0.29, 0.717) is 12.0 Å². The van der Waals surface area contributed by atoms with Crippen molar-refractivity contribution >= 4 is 5.57 Å². The molecule has 26 heavy (non-hydrogen) atoms. The van der Waals surface area contributed by atoms with Crippen LogP contribution in [0.1, 0.15) is 85.6 Å². The Hall–Kier alpha value is -1.28. The highest BCUT2D eigenvalue weighted by Crippen LogP contribution is 2.34. The molecule has 0 aromatic heterocycles. The van der Waals surface area contributed by atoms with Crippen LogP contribution in [0.25, 0.3) is 5.57 Å². The molecular formula is C24H38O2. The lowest BCUT2D eigenvalue weighted by Gasteiger charge is -2.28. The van der Waals surface area contributed by atoms with Crippen molar-refractivity contribution in [3.8, 4) is 5.75 Å². The fourth-order valence-corrected chi connectivity index (χ4v) is 3.77. The predicted octanol–water partition coefficient (Wildman–Crippen LogP) is 7.24. The second-order valence-electron chi connectivity index (χ2n) is 8.96. The summed E-state index contributed by atoms with van der Waals surface area (Å²) < 4.78 is 12.6. The molecule has 0 aliphatic heterocycles. The highest BCUT2D eigenvalue weighted by molar-refractivity contribution is 5.69. The summed E-state index contributed by atoms with van der Waals surface area (Å²) in [5.41, 5.74) is 2.76. The third-order valence-electron chi connectivity index (χ3n) is 5.19. The Bertz CT molecular complexity index is 555. The molecule has 0 spiro atoms. The van der Waals surface area contributed by atoms with Crippen molar-refractivity contribution in [2.24, 2.45) is 11.3 Å². The second-order valence-corrected chi connectivity index (χ2v) is 8.96. The standard InChI is InChI=1S/C24H38O2/c1-7-22(24(4,5)6)19-14-16-21(17-15-19)26-23(18(2)3)25-20-12-10-8-9-11-13-20/h7,14-18,20,23H,8-13H2,1-6H3/b22-7-. The zero-order chi connectivity index (χ0) is 19.2. The van der Waals surface area contributed by atoms with Crippen LogP contribution in [0.4, 0.5) is 0 Å². The van der Waals surface area contributed by atoms with E-state index in [9.17, 15) is 0 Å². The predicted molar refractivity (Wildman–Crippen MR) is 111 cm³/mol. The molecule has 2 rings (SSSR count). The second kappa shape index (κ2) is 9.60. The first kappa shape index (κ1) is 21.0. The molecule has 1 aliphatic carbocycles. The molecule has 0 heterocycles. The smallest absolute Gasteiger partial charge is 0.202 e. The molecule has 0 radical (unpaired) electrons. The summed E-state index contributed by atoms with van der Waals surface area (Å²) >= 11 is 0. The van der Waals surface area contributed by atoms with Crippen LogP contribution in [0.2, 0.25) is 0 Å². The van der Waals surface area contributed by atoms with E-state index in [0.717, 1.165) is 5.75 Å². The molecule has 1 aromatic carbocycles. The van der Waals surface area contributed by atoms with Gasteiger partial charge in [0.2, 0.25) is 6.29 Å². The van der Waals surface area contributed by atoms with E-state index in [1.54, 1.807) is 0 Å². The highest BCUT2D eigenvalue weighted by atomic mass is 16.7. The lowest BCUT2D eigenvalue weighted by Crippen LogP contribution is -2.31. The molecule has 0 N–H and O–H groups in total. The van der Waals surface area contributed by atoms with E-state index < -0.39 is 0 Å². The maximum Gasteiger partial charge on any atom is 0.202 e. The molecule has 1 fully saturated rings. The number of ether oxygens (including phenoxy) is 2. The molecule has 1 aromatic rings. The Morgan fingerprint density at radius 3 is 2.04 bits per heavy atom. The molecule has 1 aliphatic rings. The SMILES string of the molecule is C/C=C(/c1ccc(OC(OC2CCCCCC2)C(C)C)cc1)C(C)(C)C. The van der Waals surface area contributed by atoms with Gasteiger partial charge in [-0.25, -0.2) is 0 Å². The van der Waals surface area contributed by atoms with E-state index in [1.807, 2.05) is 0 Å². The summed E-state index contributed by atoms with van der Waals surface area (Å²) in [5, 5.41) is 0. The molecule has 146 valence electrons. The zero-order valence-electron chi connectivity index (χ0n) is 17.7. The molecule has 1 saturated carbocycles. The third kappa shape index (κ3) is 6.16. The summed E-state index contributed by atoms with van der Waals surface area (Å²) in [4.78, 5) is 0. The average Bonchev–Trinajstić information content (AvgIpc) is 2.83. The van der Waals surface area contributed by atoms with E-state index >= 15 is 0 Å². The van der Waals surface area contributed by atoms with Gasteiger partial charge in [0.25, 0.3) is 0 Å². The largest absolute Gasteiger partial charge is 0.465 e. The summed E-state index contributed by atoms with van der Waals surface area (Å²) in [6.45, 7) is 13.2. The van der Waals surface area contributed by atoms with Crippen molar-refractivity contribution in [3.63, 3.8) is 0 Å². The molecule has 2 nitrogen and oxygen atoms in total. The van der Waals surface area contributed by atoms with Gasteiger partial charge in [-0.1, -0.05) is 78.5 Å². The fraction of sp³-hybridized carbons (Fsp3) is 0.667. The van der Waals surface area contributed by atoms with Gasteiger partial charge in [-0.15, -0.1) is 0 Å². The van der Waals surface area contributed by atoms with Gasteiger partial charge in [0.1, 0.15) is 5.75 Å². The number of hydrogen-bond acceptors (Lipinski definition) is 2. The van der Waals surface area contributed by atoms with Gasteiger partial charge in [-0.2, -0.15) is 0 Å². The van der Waals surface area contributed by atoms with Gasteiger partial charge in [0.15, 0.2) is 0 Å². The average molecular weight is 359 g/mol. The first-order chi connectivity index (χ1) is 12.3. The van der Waals surface area contributed by atoms with Crippen LogP contribution >= 0.6 is 0 Å². The summed E-state index contributed by atoms with van der Waals surface area (Å²) in [6, 6.07) is 8.49. The number of rotatable bonds is 6. The summed E-state index contributed by atoms with van der Waals surface area (Å²) in [6.07, 6.45) is 9.97. The monoisotopic (exact) mass is 358 g/mol. The lowest BCUT2D eigenvalue weighted by atomic mass is 9.82. The van der Waals surface area contributed by atoms with Crippen LogP contribution in [0.5, 0.6) is 5.75 Å². The van der Waals surface area contributed by atoms with Crippen molar-refractivity contribution < 1.29 is 9.47 Å². The Morgan fingerprint density at radius 2 is 1.58 bits per heavy atom. The maximum atomic E-state index is 6.36. The Kier molecular flexibility index (Phi) is 7.76. The van der Waals surface area contributed by atoms with Crippen molar-refractivity contribution in [1.29, 1.82) is 0 Å². The number of benzene rings is 1. The van der Waals surface area contributed by atoms with Gasteiger partial charge in [0.05, 0.1) is 6.10 Å². The van der Waals surface area contributed by atoms with Crippen molar-refractivity contribution in [2.45, 2.75) is 92.5 Å². The Balaban J connectivity index is 2.04. The van der Waals surface area contributed by atoms with Crippen LogP contribution in [0.3, 0.4) is 0 Å². The van der Waals surface area contributed by atoms with Crippen LogP contribution in [0.15, 0.2) is 30.3 Å². The summed E-state index contributed by atoms with van der Waals surface area (Å²) in [7, 11) is 0. The van der Waals surface area contributed by atoms with Crippen LogP contribution in [0, 0.1) is 11.3 Å². The topological polar surface area (TPSA) is 18.5 Å². The summed E-state index contributed by atoms with van der Waals surface area (Å²) in [5.74, 6) is 1.23. The van der Waals surface area contributed by atoms with Crippen molar-refractivity contribution in [2.75, 3.05) is 0 Å². The minimum atomic E-state index is -0.173. The molecule has 2 heteroatoms. The van der Waals surface area contributed by atoms with Crippen LogP contribution in [-0.4, -0.2) is 12.4 Å². The van der Waals surface area contributed by atoms with Gasteiger partial charge in [0, 0.05) is 5.92 Å². The van der Waals surface area contributed by atoms with E-state index in [-0.39, 0.29) is 11.7 Å². The minimum Gasteiger partial charge on any atom is -0.465 e. The quantitative estimate of drug-likeness (QED) is 0.394. The lowest BCUT2D eigenvalue weighted by molar-refractivity contribution is -0.145. The molecule has 0 bridgehead atoms.